The lowest BCUT2D eigenvalue weighted by Gasteiger charge is -2.01. The molecular formula is C11H12N2O. The third-order valence-electron chi connectivity index (χ3n) is 2.25. The summed E-state index contributed by atoms with van der Waals surface area (Å²) in [6.45, 7) is 2.29. The van der Waals surface area contributed by atoms with Gasteiger partial charge in [0.1, 0.15) is 6.54 Å². The van der Waals surface area contributed by atoms with Crippen molar-refractivity contribution < 1.29 is 4.79 Å². The van der Waals surface area contributed by atoms with E-state index in [-0.39, 0.29) is 12.5 Å². The Morgan fingerprint density at radius 3 is 2.93 bits per heavy atom. The molecule has 0 fully saturated rings. The largest absolute Gasteiger partial charge is 0.368 e. The second-order valence-corrected chi connectivity index (χ2v) is 3.47. The first-order valence-electron chi connectivity index (χ1n) is 4.50. The molecule has 2 rings (SSSR count). The SMILES string of the molecule is Cc1ccc2c(ccn2CC(N)=O)c1. The molecule has 2 N–H and O–H groups in total. The molecule has 0 radical (unpaired) electrons. The van der Waals surface area contributed by atoms with Gasteiger partial charge in [-0.3, -0.25) is 4.79 Å². The van der Waals surface area contributed by atoms with Crippen LogP contribution in [0.3, 0.4) is 0 Å². The number of fused-ring (bicyclic) bond motifs is 1. The smallest absolute Gasteiger partial charge is 0.237 e. The fraction of sp³-hybridized carbons (Fsp3) is 0.182. The Labute approximate surface area is 82.1 Å². The Balaban J connectivity index is 2.52. The van der Waals surface area contributed by atoms with Gasteiger partial charge in [0.05, 0.1) is 0 Å². The van der Waals surface area contributed by atoms with Crippen LogP contribution in [0.1, 0.15) is 5.56 Å². The van der Waals surface area contributed by atoms with Crippen LogP contribution < -0.4 is 5.73 Å². The molecular weight excluding hydrogens is 176 g/mol. The number of benzene rings is 1. The van der Waals surface area contributed by atoms with Crippen LogP contribution in [0.4, 0.5) is 0 Å². The minimum Gasteiger partial charge on any atom is -0.368 e. The predicted molar refractivity (Wildman–Crippen MR) is 55.9 cm³/mol. The van der Waals surface area contributed by atoms with Crippen molar-refractivity contribution in [2.24, 2.45) is 5.73 Å². The predicted octanol–water partition coefficient (Wildman–Crippen LogP) is 1.44. The molecule has 0 aliphatic heterocycles. The molecule has 0 unspecified atom stereocenters. The molecule has 1 amide bonds. The van der Waals surface area contributed by atoms with Crippen molar-refractivity contribution in [1.29, 1.82) is 0 Å². The number of aromatic nitrogens is 1. The van der Waals surface area contributed by atoms with Gasteiger partial charge in [-0.25, -0.2) is 0 Å². The molecule has 1 aromatic carbocycles. The average molecular weight is 188 g/mol. The molecule has 3 heteroatoms. The molecule has 1 aromatic heterocycles. The first kappa shape index (κ1) is 8.81. The number of carbonyl (C=O) groups excluding carboxylic acids is 1. The van der Waals surface area contributed by atoms with Crippen LogP contribution in [0.2, 0.25) is 0 Å². The van der Waals surface area contributed by atoms with Gasteiger partial charge in [0.2, 0.25) is 5.91 Å². The van der Waals surface area contributed by atoms with E-state index in [9.17, 15) is 4.79 Å². The number of primary amides is 1. The number of amides is 1. The third kappa shape index (κ3) is 1.48. The van der Waals surface area contributed by atoms with Crippen molar-refractivity contribution in [2.45, 2.75) is 13.5 Å². The Bertz CT molecular complexity index is 485. The van der Waals surface area contributed by atoms with Gasteiger partial charge in [0.25, 0.3) is 0 Å². The van der Waals surface area contributed by atoms with E-state index in [1.54, 1.807) is 0 Å². The zero-order valence-corrected chi connectivity index (χ0v) is 8.03. The van der Waals surface area contributed by atoms with Crippen LogP contribution in [0.25, 0.3) is 10.9 Å². The summed E-state index contributed by atoms with van der Waals surface area (Å²) >= 11 is 0. The van der Waals surface area contributed by atoms with E-state index in [0.29, 0.717) is 0 Å². The summed E-state index contributed by atoms with van der Waals surface area (Å²) in [5.74, 6) is -0.317. The zero-order valence-electron chi connectivity index (χ0n) is 8.03. The molecule has 0 saturated carbocycles. The maximum Gasteiger partial charge on any atom is 0.237 e. The lowest BCUT2D eigenvalue weighted by atomic mass is 10.2. The van der Waals surface area contributed by atoms with Gasteiger partial charge in [-0.15, -0.1) is 0 Å². The highest BCUT2D eigenvalue weighted by molar-refractivity contribution is 5.83. The Hall–Kier alpha value is -1.77. The number of nitrogens with zero attached hydrogens (tertiary/aromatic N) is 1. The van der Waals surface area contributed by atoms with Crippen molar-refractivity contribution in [3.05, 3.63) is 36.0 Å². The quantitative estimate of drug-likeness (QED) is 0.761. The number of aryl methyl sites for hydroxylation is 1. The van der Waals surface area contributed by atoms with Crippen molar-refractivity contribution in [3.8, 4) is 0 Å². The van der Waals surface area contributed by atoms with E-state index in [2.05, 4.69) is 6.07 Å². The van der Waals surface area contributed by atoms with Gasteiger partial charge in [0.15, 0.2) is 0 Å². The van der Waals surface area contributed by atoms with E-state index in [1.807, 2.05) is 35.9 Å². The molecule has 0 spiro atoms. The summed E-state index contributed by atoms with van der Waals surface area (Å²) in [4.78, 5) is 10.8. The number of nitrogens with two attached hydrogens (primary N) is 1. The number of carbonyl (C=O) groups is 1. The van der Waals surface area contributed by atoms with Crippen molar-refractivity contribution >= 4 is 16.8 Å². The molecule has 0 atom stereocenters. The van der Waals surface area contributed by atoms with Gasteiger partial charge >= 0.3 is 0 Å². The zero-order chi connectivity index (χ0) is 10.1. The highest BCUT2D eigenvalue weighted by Gasteiger charge is 2.02. The fourth-order valence-corrected chi connectivity index (χ4v) is 1.63. The monoisotopic (exact) mass is 188 g/mol. The fourth-order valence-electron chi connectivity index (χ4n) is 1.63. The number of rotatable bonds is 2. The summed E-state index contributed by atoms with van der Waals surface area (Å²) in [5.41, 5.74) is 7.41. The number of hydrogen-bond donors (Lipinski definition) is 1. The lowest BCUT2D eigenvalue weighted by Crippen LogP contribution is -2.17. The second kappa shape index (κ2) is 3.18. The molecule has 14 heavy (non-hydrogen) atoms. The van der Waals surface area contributed by atoms with Gasteiger partial charge < -0.3 is 10.3 Å². The molecule has 1 heterocycles. The molecule has 0 saturated heterocycles. The lowest BCUT2D eigenvalue weighted by molar-refractivity contribution is -0.118. The summed E-state index contributed by atoms with van der Waals surface area (Å²) in [7, 11) is 0. The number of hydrogen-bond acceptors (Lipinski definition) is 1. The summed E-state index contributed by atoms with van der Waals surface area (Å²) in [5, 5.41) is 1.14. The van der Waals surface area contributed by atoms with Gasteiger partial charge in [0, 0.05) is 11.7 Å². The Morgan fingerprint density at radius 1 is 1.43 bits per heavy atom. The maximum atomic E-state index is 10.8. The minimum atomic E-state index is -0.317. The van der Waals surface area contributed by atoms with Crippen LogP contribution in [0.15, 0.2) is 30.5 Å². The van der Waals surface area contributed by atoms with Crippen molar-refractivity contribution in [3.63, 3.8) is 0 Å². The maximum absolute atomic E-state index is 10.8. The first-order chi connectivity index (χ1) is 6.66. The summed E-state index contributed by atoms with van der Waals surface area (Å²) in [6.07, 6.45) is 1.88. The highest BCUT2D eigenvalue weighted by atomic mass is 16.1. The minimum absolute atomic E-state index is 0.243. The van der Waals surface area contributed by atoms with Crippen LogP contribution in [0, 0.1) is 6.92 Å². The Kier molecular flexibility index (Phi) is 2.00. The average Bonchev–Trinajstić information content (AvgIpc) is 2.47. The molecule has 72 valence electrons. The Morgan fingerprint density at radius 2 is 2.21 bits per heavy atom. The summed E-state index contributed by atoms with van der Waals surface area (Å²) in [6, 6.07) is 8.12. The van der Waals surface area contributed by atoms with Gasteiger partial charge in [-0.05, 0) is 30.5 Å². The second-order valence-electron chi connectivity index (χ2n) is 3.47. The van der Waals surface area contributed by atoms with E-state index in [0.717, 1.165) is 10.9 Å². The van der Waals surface area contributed by atoms with Crippen LogP contribution in [-0.2, 0) is 11.3 Å². The molecule has 0 aliphatic rings. The standard InChI is InChI=1S/C11H12N2O/c1-8-2-3-10-9(6-8)4-5-13(10)7-11(12)14/h2-6H,7H2,1H3,(H2,12,14). The molecule has 0 bridgehead atoms. The molecule has 0 aliphatic carbocycles. The van der Waals surface area contributed by atoms with Gasteiger partial charge in [-0.2, -0.15) is 0 Å². The van der Waals surface area contributed by atoms with Crippen LogP contribution in [-0.4, -0.2) is 10.5 Å². The first-order valence-corrected chi connectivity index (χ1v) is 4.50. The summed E-state index contributed by atoms with van der Waals surface area (Å²) < 4.78 is 1.86. The van der Waals surface area contributed by atoms with E-state index < -0.39 is 0 Å². The highest BCUT2D eigenvalue weighted by Crippen LogP contribution is 2.16. The van der Waals surface area contributed by atoms with Crippen LogP contribution in [0.5, 0.6) is 0 Å². The van der Waals surface area contributed by atoms with E-state index in [4.69, 9.17) is 5.73 Å². The van der Waals surface area contributed by atoms with E-state index >= 15 is 0 Å². The van der Waals surface area contributed by atoms with E-state index in [1.165, 1.54) is 5.56 Å². The molecule has 2 aromatic rings. The molecule has 3 nitrogen and oxygen atoms in total. The van der Waals surface area contributed by atoms with Crippen molar-refractivity contribution in [2.75, 3.05) is 0 Å². The normalized spacial score (nSPS) is 10.6. The third-order valence-corrected chi connectivity index (χ3v) is 2.25. The topological polar surface area (TPSA) is 48.0 Å². The van der Waals surface area contributed by atoms with Crippen LogP contribution >= 0.6 is 0 Å². The van der Waals surface area contributed by atoms with Gasteiger partial charge in [-0.1, -0.05) is 11.6 Å². The van der Waals surface area contributed by atoms with Crippen molar-refractivity contribution in [1.82, 2.24) is 4.57 Å².